The molecule has 0 aliphatic carbocycles. The molecule has 2 atom stereocenters. The molecule has 0 radical (unpaired) electrons. The van der Waals surface area contributed by atoms with Crippen LogP contribution in [0.25, 0.3) is 0 Å². The summed E-state index contributed by atoms with van der Waals surface area (Å²) in [5, 5.41) is 18.9. The number of aromatic hydroxyl groups is 2. The van der Waals surface area contributed by atoms with E-state index in [1.807, 2.05) is 13.8 Å². The van der Waals surface area contributed by atoms with Crippen molar-refractivity contribution in [3.63, 3.8) is 0 Å². The number of nitrogens with two attached hydrogens (primary N) is 1. The molecule has 0 saturated heterocycles. The molecule has 0 saturated carbocycles. The van der Waals surface area contributed by atoms with E-state index < -0.39 is 0 Å². The third kappa shape index (κ3) is 1.99. The molecule has 4 N–H and O–H groups in total. The Morgan fingerprint density at radius 2 is 2.00 bits per heavy atom. The summed E-state index contributed by atoms with van der Waals surface area (Å²) in [5.41, 5.74) is 6.56. The van der Waals surface area contributed by atoms with Gasteiger partial charge in [-0.1, -0.05) is 32.4 Å². The fourth-order valence-electron chi connectivity index (χ4n) is 1.38. The van der Waals surface area contributed by atoms with Gasteiger partial charge in [-0.15, -0.1) is 0 Å². The lowest BCUT2D eigenvalue weighted by Crippen LogP contribution is -2.18. The van der Waals surface area contributed by atoms with Crippen LogP contribution in [0.3, 0.4) is 0 Å². The van der Waals surface area contributed by atoms with Crippen molar-refractivity contribution < 1.29 is 10.2 Å². The summed E-state index contributed by atoms with van der Waals surface area (Å²) in [5.74, 6) is 0.0734. The Bertz CT molecular complexity index is 312. The van der Waals surface area contributed by atoms with Crippen LogP contribution in [-0.2, 0) is 0 Å². The number of hydrogen-bond acceptors (Lipinski definition) is 3. The molecule has 0 fully saturated rings. The highest BCUT2D eigenvalue weighted by atomic mass is 16.3. The highest BCUT2D eigenvalue weighted by Gasteiger charge is 2.17. The van der Waals surface area contributed by atoms with Crippen molar-refractivity contribution in [1.82, 2.24) is 0 Å². The first-order valence-electron chi connectivity index (χ1n) is 4.84. The minimum Gasteiger partial charge on any atom is -0.504 e. The maximum Gasteiger partial charge on any atom is 0.162 e. The van der Waals surface area contributed by atoms with E-state index in [-0.39, 0.29) is 23.5 Å². The van der Waals surface area contributed by atoms with Gasteiger partial charge in [-0.25, -0.2) is 0 Å². The van der Waals surface area contributed by atoms with E-state index in [4.69, 9.17) is 5.73 Å². The Kier molecular flexibility index (Phi) is 3.36. The molecule has 3 heteroatoms. The SMILES string of the molecule is CCC(C)[C@@H](N)c1cccc(O)c1O. The Morgan fingerprint density at radius 3 is 2.57 bits per heavy atom. The van der Waals surface area contributed by atoms with Gasteiger partial charge in [0.1, 0.15) is 0 Å². The third-order valence-corrected chi connectivity index (χ3v) is 2.66. The average Bonchev–Trinajstić information content (AvgIpc) is 2.20. The van der Waals surface area contributed by atoms with Gasteiger partial charge in [0, 0.05) is 11.6 Å². The van der Waals surface area contributed by atoms with E-state index >= 15 is 0 Å². The summed E-state index contributed by atoms with van der Waals surface area (Å²) in [4.78, 5) is 0. The van der Waals surface area contributed by atoms with Crippen LogP contribution in [0, 0.1) is 5.92 Å². The summed E-state index contributed by atoms with van der Waals surface area (Å²) in [6, 6.07) is 4.65. The minimum absolute atomic E-state index is 0.0969. The molecule has 0 aliphatic rings. The Balaban J connectivity index is 3.01. The fourth-order valence-corrected chi connectivity index (χ4v) is 1.38. The second-order valence-corrected chi connectivity index (χ2v) is 3.63. The Hall–Kier alpha value is -1.22. The summed E-state index contributed by atoms with van der Waals surface area (Å²) in [7, 11) is 0. The van der Waals surface area contributed by atoms with Crippen LogP contribution >= 0.6 is 0 Å². The molecule has 1 aromatic carbocycles. The van der Waals surface area contributed by atoms with Crippen molar-refractivity contribution in [2.75, 3.05) is 0 Å². The molecule has 14 heavy (non-hydrogen) atoms. The summed E-state index contributed by atoms with van der Waals surface area (Å²) in [6.45, 7) is 4.07. The molecule has 1 aromatic rings. The molecule has 0 amide bonds. The largest absolute Gasteiger partial charge is 0.504 e. The number of phenolic OH excluding ortho intramolecular Hbond substituents is 2. The van der Waals surface area contributed by atoms with Gasteiger partial charge < -0.3 is 15.9 Å². The molecule has 0 spiro atoms. The molecule has 0 heterocycles. The van der Waals surface area contributed by atoms with E-state index in [0.717, 1.165) is 6.42 Å². The Labute approximate surface area is 84.2 Å². The maximum atomic E-state index is 9.58. The van der Waals surface area contributed by atoms with Crippen molar-refractivity contribution in [2.45, 2.75) is 26.3 Å². The predicted molar refractivity (Wildman–Crippen MR) is 56.2 cm³/mol. The van der Waals surface area contributed by atoms with Gasteiger partial charge in [-0.05, 0) is 12.0 Å². The highest BCUT2D eigenvalue weighted by molar-refractivity contribution is 5.45. The zero-order valence-electron chi connectivity index (χ0n) is 8.57. The van der Waals surface area contributed by atoms with E-state index in [9.17, 15) is 10.2 Å². The van der Waals surface area contributed by atoms with Crippen molar-refractivity contribution >= 4 is 0 Å². The van der Waals surface area contributed by atoms with Crippen molar-refractivity contribution in [3.8, 4) is 11.5 Å². The molecular weight excluding hydrogens is 178 g/mol. The monoisotopic (exact) mass is 195 g/mol. The number of rotatable bonds is 3. The van der Waals surface area contributed by atoms with Gasteiger partial charge in [0.25, 0.3) is 0 Å². The zero-order valence-corrected chi connectivity index (χ0v) is 8.57. The van der Waals surface area contributed by atoms with Crippen LogP contribution in [0.4, 0.5) is 0 Å². The molecule has 1 rings (SSSR count). The van der Waals surface area contributed by atoms with Crippen molar-refractivity contribution in [1.29, 1.82) is 0 Å². The quantitative estimate of drug-likeness (QED) is 0.647. The first-order chi connectivity index (χ1) is 6.57. The molecule has 0 aliphatic heterocycles. The average molecular weight is 195 g/mol. The normalized spacial score (nSPS) is 15.1. The molecule has 0 aromatic heterocycles. The lowest BCUT2D eigenvalue weighted by Gasteiger charge is -2.19. The lowest BCUT2D eigenvalue weighted by atomic mass is 9.92. The maximum absolute atomic E-state index is 9.58. The first kappa shape index (κ1) is 10.9. The topological polar surface area (TPSA) is 66.5 Å². The Morgan fingerprint density at radius 1 is 1.36 bits per heavy atom. The zero-order chi connectivity index (χ0) is 10.7. The summed E-state index contributed by atoms with van der Waals surface area (Å²) < 4.78 is 0. The van der Waals surface area contributed by atoms with Crippen LogP contribution in [0.2, 0.25) is 0 Å². The molecular formula is C11H17NO2. The van der Waals surface area contributed by atoms with Gasteiger partial charge in [0.15, 0.2) is 11.5 Å². The fraction of sp³-hybridized carbons (Fsp3) is 0.455. The summed E-state index contributed by atoms with van der Waals surface area (Å²) in [6.07, 6.45) is 0.941. The standard InChI is InChI=1S/C11H17NO2/c1-3-7(2)10(12)8-5-4-6-9(13)11(8)14/h4-7,10,13-14H,3,12H2,1-2H3/t7?,10-/m1/s1. The number of benzene rings is 1. The van der Waals surface area contributed by atoms with E-state index in [2.05, 4.69) is 0 Å². The third-order valence-electron chi connectivity index (χ3n) is 2.66. The van der Waals surface area contributed by atoms with Gasteiger partial charge in [-0.2, -0.15) is 0 Å². The molecule has 1 unspecified atom stereocenters. The summed E-state index contributed by atoms with van der Waals surface area (Å²) >= 11 is 0. The molecule has 3 nitrogen and oxygen atoms in total. The highest BCUT2D eigenvalue weighted by Crippen LogP contribution is 2.34. The first-order valence-corrected chi connectivity index (χ1v) is 4.84. The predicted octanol–water partition coefficient (Wildman–Crippen LogP) is 2.14. The van der Waals surface area contributed by atoms with Crippen LogP contribution in [0.5, 0.6) is 11.5 Å². The number of para-hydroxylation sites is 1. The van der Waals surface area contributed by atoms with Crippen LogP contribution < -0.4 is 5.73 Å². The van der Waals surface area contributed by atoms with Gasteiger partial charge in [0.05, 0.1) is 0 Å². The van der Waals surface area contributed by atoms with Crippen LogP contribution in [0.15, 0.2) is 18.2 Å². The smallest absolute Gasteiger partial charge is 0.162 e. The van der Waals surface area contributed by atoms with Crippen LogP contribution in [-0.4, -0.2) is 10.2 Å². The van der Waals surface area contributed by atoms with Gasteiger partial charge in [0.2, 0.25) is 0 Å². The van der Waals surface area contributed by atoms with E-state index in [1.54, 1.807) is 12.1 Å². The molecule has 0 bridgehead atoms. The second-order valence-electron chi connectivity index (χ2n) is 3.63. The molecule has 78 valence electrons. The van der Waals surface area contributed by atoms with Crippen molar-refractivity contribution in [2.24, 2.45) is 11.7 Å². The van der Waals surface area contributed by atoms with E-state index in [0.29, 0.717) is 5.56 Å². The number of hydrogen-bond donors (Lipinski definition) is 3. The van der Waals surface area contributed by atoms with Crippen molar-refractivity contribution in [3.05, 3.63) is 23.8 Å². The minimum atomic E-state index is -0.230. The van der Waals surface area contributed by atoms with Crippen LogP contribution in [0.1, 0.15) is 31.9 Å². The van der Waals surface area contributed by atoms with Gasteiger partial charge >= 0.3 is 0 Å². The second kappa shape index (κ2) is 4.33. The van der Waals surface area contributed by atoms with Gasteiger partial charge in [-0.3, -0.25) is 0 Å². The lowest BCUT2D eigenvalue weighted by molar-refractivity contribution is 0.382. The van der Waals surface area contributed by atoms with E-state index in [1.165, 1.54) is 6.07 Å². The number of phenols is 2.